The molecule has 0 N–H and O–H groups in total. The van der Waals surface area contributed by atoms with Crippen LogP contribution < -0.4 is 0 Å². The molecule has 0 unspecified atom stereocenters. The van der Waals surface area contributed by atoms with Crippen LogP contribution in [0.15, 0.2) is 42.5 Å². The van der Waals surface area contributed by atoms with Crippen LogP contribution in [-0.2, 0) is 19.1 Å². The van der Waals surface area contributed by atoms with Gasteiger partial charge in [0.15, 0.2) is 5.41 Å². The number of rotatable bonds is 4. The number of benzene rings is 1. The van der Waals surface area contributed by atoms with Crippen molar-refractivity contribution in [2.24, 2.45) is 5.41 Å². The van der Waals surface area contributed by atoms with Gasteiger partial charge < -0.3 is 9.47 Å². The van der Waals surface area contributed by atoms with Crippen molar-refractivity contribution in [3.8, 4) is 6.07 Å². The van der Waals surface area contributed by atoms with Crippen molar-refractivity contribution in [2.75, 3.05) is 14.2 Å². The number of carbonyl (C=O) groups excluding carboxylic acids is 2. The third-order valence-corrected chi connectivity index (χ3v) is 4.09. The van der Waals surface area contributed by atoms with Gasteiger partial charge in [0.25, 0.3) is 0 Å². The second-order valence-electron chi connectivity index (χ2n) is 5.34. The first-order valence-electron chi connectivity index (χ1n) is 7.04. The summed E-state index contributed by atoms with van der Waals surface area (Å²) < 4.78 is 9.57. The summed E-state index contributed by atoms with van der Waals surface area (Å²) >= 11 is 0. The van der Waals surface area contributed by atoms with E-state index < -0.39 is 17.4 Å². The summed E-state index contributed by atoms with van der Waals surface area (Å²) in [6.07, 6.45) is 2.22. The van der Waals surface area contributed by atoms with Crippen molar-refractivity contribution in [2.45, 2.75) is 12.8 Å². The van der Waals surface area contributed by atoms with Crippen LogP contribution in [0.1, 0.15) is 24.0 Å². The van der Waals surface area contributed by atoms with Gasteiger partial charge in [-0.15, -0.1) is 0 Å². The summed E-state index contributed by atoms with van der Waals surface area (Å²) in [4.78, 5) is 24.2. The lowest BCUT2D eigenvalue weighted by Gasteiger charge is -2.23. The van der Waals surface area contributed by atoms with Crippen molar-refractivity contribution in [1.82, 2.24) is 0 Å². The summed E-state index contributed by atoms with van der Waals surface area (Å²) in [6, 6.07) is 9.03. The molecule has 5 heteroatoms. The van der Waals surface area contributed by atoms with Crippen LogP contribution in [0.5, 0.6) is 0 Å². The van der Waals surface area contributed by atoms with Crippen LogP contribution in [0, 0.1) is 16.7 Å². The van der Waals surface area contributed by atoms with Gasteiger partial charge in [-0.1, -0.05) is 24.8 Å². The zero-order valence-electron chi connectivity index (χ0n) is 13.1. The molecule has 1 aliphatic carbocycles. The van der Waals surface area contributed by atoms with E-state index in [0.29, 0.717) is 11.1 Å². The number of methoxy groups -OCH3 is 2. The number of nitrogens with zero attached hydrogens (tertiary/aromatic N) is 1. The third-order valence-electron chi connectivity index (χ3n) is 4.09. The molecular formula is C18H17NO4. The molecule has 2 rings (SSSR count). The molecule has 0 aromatic heterocycles. The number of esters is 2. The highest BCUT2D eigenvalue weighted by molar-refractivity contribution is 6.02. The Morgan fingerprint density at radius 1 is 1.17 bits per heavy atom. The van der Waals surface area contributed by atoms with Gasteiger partial charge in [0.05, 0.1) is 25.9 Å². The van der Waals surface area contributed by atoms with Crippen molar-refractivity contribution in [3.63, 3.8) is 0 Å². The summed E-state index contributed by atoms with van der Waals surface area (Å²) in [5.41, 5.74) is 1.56. The maximum absolute atomic E-state index is 12.1. The van der Waals surface area contributed by atoms with Crippen LogP contribution in [-0.4, -0.2) is 26.2 Å². The molecule has 0 saturated carbocycles. The highest BCUT2D eigenvalue weighted by Crippen LogP contribution is 2.44. The molecule has 1 aromatic rings. The molecule has 118 valence electrons. The standard InChI is InChI=1S/C18H17NO4/c1-12(14-6-4-13(11-19)5-7-14)15-8-9-18(10-15,16(20)22-2)17(21)23-3/h4-8H,1,9-10H2,2-3H3. The fourth-order valence-corrected chi connectivity index (χ4v) is 2.71. The van der Waals surface area contributed by atoms with E-state index in [4.69, 9.17) is 14.7 Å². The predicted molar refractivity (Wildman–Crippen MR) is 84.0 cm³/mol. The maximum atomic E-state index is 12.1. The van der Waals surface area contributed by atoms with E-state index in [1.165, 1.54) is 14.2 Å². The molecular weight excluding hydrogens is 294 g/mol. The number of hydrogen-bond donors (Lipinski definition) is 0. The number of carbonyl (C=O) groups is 2. The van der Waals surface area contributed by atoms with Gasteiger partial charge in [-0.2, -0.15) is 5.26 Å². The third kappa shape index (κ3) is 2.88. The first-order valence-corrected chi connectivity index (χ1v) is 7.04. The summed E-state index contributed by atoms with van der Waals surface area (Å²) in [7, 11) is 2.50. The number of nitriles is 1. The monoisotopic (exact) mass is 311 g/mol. The van der Waals surface area contributed by atoms with Crippen molar-refractivity contribution < 1.29 is 19.1 Å². The minimum Gasteiger partial charge on any atom is -0.468 e. The molecule has 0 fully saturated rings. The van der Waals surface area contributed by atoms with E-state index in [1.54, 1.807) is 24.3 Å². The Bertz CT molecular complexity index is 706. The topological polar surface area (TPSA) is 76.4 Å². The van der Waals surface area contributed by atoms with Gasteiger partial charge in [-0.3, -0.25) is 9.59 Å². The molecule has 0 spiro atoms. The molecule has 0 aliphatic heterocycles. The van der Waals surface area contributed by atoms with Crippen molar-refractivity contribution in [1.29, 1.82) is 5.26 Å². The van der Waals surface area contributed by atoms with Crippen LogP contribution in [0.3, 0.4) is 0 Å². The fraction of sp³-hybridized carbons (Fsp3) is 0.278. The quantitative estimate of drug-likeness (QED) is 0.631. The van der Waals surface area contributed by atoms with Crippen molar-refractivity contribution >= 4 is 17.5 Å². The SMILES string of the molecule is C=C(C1=CCC(C(=O)OC)(C(=O)OC)C1)c1ccc(C#N)cc1. The van der Waals surface area contributed by atoms with Crippen LogP contribution in [0.4, 0.5) is 0 Å². The van der Waals surface area contributed by atoms with E-state index in [2.05, 4.69) is 12.6 Å². The van der Waals surface area contributed by atoms with Gasteiger partial charge in [0, 0.05) is 0 Å². The molecule has 0 radical (unpaired) electrons. The average Bonchev–Trinajstić information content (AvgIpc) is 3.06. The fourth-order valence-electron chi connectivity index (χ4n) is 2.71. The number of allylic oxidation sites excluding steroid dienone is 3. The number of ether oxygens (including phenoxy) is 2. The second kappa shape index (κ2) is 6.49. The Balaban J connectivity index is 2.25. The molecule has 1 aliphatic rings. The lowest BCUT2D eigenvalue weighted by molar-refractivity contribution is -0.168. The lowest BCUT2D eigenvalue weighted by atomic mass is 9.83. The van der Waals surface area contributed by atoms with E-state index >= 15 is 0 Å². The normalized spacial score (nSPS) is 15.3. The molecule has 23 heavy (non-hydrogen) atoms. The van der Waals surface area contributed by atoms with Gasteiger partial charge in [0.1, 0.15) is 0 Å². The summed E-state index contributed by atoms with van der Waals surface area (Å²) in [5.74, 6) is -1.22. The highest BCUT2D eigenvalue weighted by Gasteiger charge is 2.51. The first kappa shape index (κ1) is 16.5. The Morgan fingerprint density at radius 3 is 2.22 bits per heavy atom. The zero-order chi connectivity index (χ0) is 17.0. The van der Waals surface area contributed by atoms with Gasteiger partial charge >= 0.3 is 11.9 Å². The molecule has 0 amide bonds. The van der Waals surface area contributed by atoms with Gasteiger partial charge in [0.2, 0.25) is 0 Å². The molecule has 0 bridgehead atoms. The van der Waals surface area contributed by atoms with E-state index in [9.17, 15) is 9.59 Å². The summed E-state index contributed by atoms with van der Waals surface area (Å²) in [5, 5.41) is 8.84. The van der Waals surface area contributed by atoms with Crippen molar-refractivity contribution in [3.05, 3.63) is 53.6 Å². The van der Waals surface area contributed by atoms with Crippen LogP contribution in [0.25, 0.3) is 5.57 Å². The zero-order valence-corrected chi connectivity index (χ0v) is 13.1. The average molecular weight is 311 g/mol. The largest absolute Gasteiger partial charge is 0.468 e. The summed E-state index contributed by atoms with van der Waals surface area (Å²) in [6.45, 7) is 4.04. The Morgan fingerprint density at radius 2 is 1.74 bits per heavy atom. The van der Waals surface area contributed by atoms with E-state index in [-0.39, 0.29) is 12.8 Å². The number of hydrogen-bond acceptors (Lipinski definition) is 5. The maximum Gasteiger partial charge on any atom is 0.323 e. The molecule has 0 atom stereocenters. The molecule has 1 aromatic carbocycles. The second-order valence-corrected chi connectivity index (χ2v) is 5.34. The molecule has 5 nitrogen and oxygen atoms in total. The molecule has 0 saturated heterocycles. The Kier molecular flexibility index (Phi) is 4.65. The predicted octanol–water partition coefficient (Wildman–Crippen LogP) is 2.62. The van der Waals surface area contributed by atoms with Gasteiger partial charge in [-0.25, -0.2) is 0 Å². The van der Waals surface area contributed by atoms with E-state index in [1.807, 2.05) is 6.08 Å². The van der Waals surface area contributed by atoms with Gasteiger partial charge in [-0.05, 0) is 41.7 Å². The Labute approximate surface area is 134 Å². The van der Waals surface area contributed by atoms with Crippen LogP contribution >= 0.6 is 0 Å². The van der Waals surface area contributed by atoms with E-state index in [0.717, 1.165) is 11.1 Å². The minimum atomic E-state index is -1.34. The first-order chi connectivity index (χ1) is 11.0. The Hall–Kier alpha value is -2.87. The minimum absolute atomic E-state index is 0.186. The van der Waals surface area contributed by atoms with Crippen LogP contribution in [0.2, 0.25) is 0 Å². The highest BCUT2D eigenvalue weighted by atomic mass is 16.5. The molecule has 0 heterocycles. The lowest BCUT2D eigenvalue weighted by Crippen LogP contribution is -2.39. The smallest absolute Gasteiger partial charge is 0.323 e.